The fourth-order valence-electron chi connectivity index (χ4n) is 3.02. The van der Waals surface area contributed by atoms with E-state index < -0.39 is 17.7 Å². The molecule has 0 saturated carbocycles. The van der Waals surface area contributed by atoms with Crippen molar-refractivity contribution in [1.29, 1.82) is 0 Å². The Kier molecular flexibility index (Phi) is 3.76. The Morgan fingerprint density at radius 3 is 2.62 bits per heavy atom. The van der Waals surface area contributed by atoms with Crippen molar-refractivity contribution in [2.45, 2.75) is 19.5 Å². The molecule has 0 bridgehead atoms. The van der Waals surface area contributed by atoms with E-state index in [-0.39, 0.29) is 11.5 Å². The fraction of sp³-hybridized carbons (Fsp3) is 0.158. The standard InChI is InChI=1S/C19H16N4O3/c1-2-11-7-9-12(10-8-11)15-18(24)21-16-13-5-3-4-6-14(13)20-17(19(25)26)23(16)22-15/h3-10,17,20H,2H2,1H3,(H,25,26)/t17-/m0/s1. The quantitative estimate of drug-likeness (QED) is 0.755. The Labute approximate surface area is 149 Å². The molecule has 3 aromatic rings. The molecule has 0 radical (unpaired) electrons. The van der Waals surface area contributed by atoms with Crippen LogP contribution in [0.2, 0.25) is 0 Å². The lowest BCUT2D eigenvalue weighted by atomic mass is 10.1. The van der Waals surface area contributed by atoms with Crippen molar-refractivity contribution in [3.8, 4) is 22.6 Å². The second kappa shape index (κ2) is 6.11. The first-order valence-corrected chi connectivity index (χ1v) is 8.27. The number of aryl methyl sites for hydroxylation is 1. The zero-order valence-electron chi connectivity index (χ0n) is 14.0. The molecule has 2 aromatic carbocycles. The maximum Gasteiger partial charge on any atom is 0.349 e. The van der Waals surface area contributed by atoms with Crippen molar-refractivity contribution >= 4 is 11.7 Å². The molecular weight excluding hydrogens is 332 g/mol. The summed E-state index contributed by atoms with van der Waals surface area (Å²) in [5.74, 6) is -0.864. The number of carboxylic acid groups (broad SMARTS) is 1. The van der Waals surface area contributed by atoms with Crippen LogP contribution in [0.1, 0.15) is 18.7 Å². The summed E-state index contributed by atoms with van der Waals surface area (Å²) in [7, 11) is 0. The molecule has 0 spiro atoms. The number of benzene rings is 2. The average molecular weight is 348 g/mol. The number of carbonyl (C=O) groups is 1. The zero-order chi connectivity index (χ0) is 18.3. The Hall–Kier alpha value is -3.48. The second-order valence-electron chi connectivity index (χ2n) is 6.01. The summed E-state index contributed by atoms with van der Waals surface area (Å²) < 4.78 is 1.26. The van der Waals surface area contributed by atoms with Gasteiger partial charge in [0.1, 0.15) is 0 Å². The molecule has 7 nitrogen and oxygen atoms in total. The number of carboxylic acids is 1. The number of para-hydroxylation sites is 1. The summed E-state index contributed by atoms with van der Waals surface area (Å²) in [6.45, 7) is 2.04. The first-order valence-electron chi connectivity index (χ1n) is 8.27. The number of nitrogens with zero attached hydrogens (tertiary/aromatic N) is 3. The molecule has 1 aromatic heterocycles. The largest absolute Gasteiger partial charge is 0.478 e. The Balaban J connectivity index is 1.92. The van der Waals surface area contributed by atoms with E-state index in [1.807, 2.05) is 19.1 Å². The van der Waals surface area contributed by atoms with E-state index in [0.717, 1.165) is 12.0 Å². The molecule has 130 valence electrons. The van der Waals surface area contributed by atoms with Crippen LogP contribution in [-0.4, -0.2) is 25.8 Å². The van der Waals surface area contributed by atoms with Crippen LogP contribution in [0.25, 0.3) is 22.6 Å². The molecule has 0 unspecified atom stereocenters. The minimum absolute atomic E-state index is 0.129. The van der Waals surface area contributed by atoms with Crippen LogP contribution in [0, 0.1) is 0 Å². The highest BCUT2D eigenvalue weighted by Crippen LogP contribution is 2.33. The van der Waals surface area contributed by atoms with Gasteiger partial charge in [-0.05, 0) is 24.1 Å². The topological polar surface area (TPSA) is 97.1 Å². The number of aromatic nitrogens is 3. The minimum Gasteiger partial charge on any atom is -0.478 e. The molecule has 26 heavy (non-hydrogen) atoms. The number of fused-ring (bicyclic) bond motifs is 3. The van der Waals surface area contributed by atoms with Gasteiger partial charge in [0, 0.05) is 16.8 Å². The SMILES string of the molecule is CCc1ccc(-c2nn3c(nc2=O)-c2ccccc2N[C@@H]3C(=O)O)cc1. The number of rotatable bonds is 3. The molecule has 7 heteroatoms. The number of anilines is 1. The number of hydrogen-bond donors (Lipinski definition) is 2. The highest BCUT2D eigenvalue weighted by Gasteiger charge is 2.31. The maximum atomic E-state index is 12.6. The predicted molar refractivity (Wildman–Crippen MR) is 96.8 cm³/mol. The van der Waals surface area contributed by atoms with E-state index >= 15 is 0 Å². The van der Waals surface area contributed by atoms with Gasteiger partial charge in [-0.2, -0.15) is 10.1 Å². The van der Waals surface area contributed by atoms with Gasteiger partial charge in [-0.1, -0.05) is 43.3 Å². The van der Waals surface area contributed by atoms with Gasteiger partial charge in [-0.3, -0.25) is 4.79 Å². The van der Waals surface area contributed by atoms with Gasteiger partial charge in [-0.15, -0.1) is 0 Å². The highest BCUT2D eigenvalue weighted by atomic mass is 16.4. The van der Waals surface area contributed by atoms with Gasteiger partial charge in [0.15, 0.2) is 11.5 Å². The van der Waals surface area contributed by atoms with E-state index in [9.17, 15) is 14.7 Å². The van der Waals surface area contributed by atoms with Crippen molar-refractivity contribution in [1.82, 2.24) is 14.8 Å². The van der Waals surface area contributed by atoms with E-state index in [4.69, 9.17) is 0 Å². The monoisotopic (exact) mass is 348 g/mol. The third-order valence-electron chi connectivity index (χ3n) is 4.41. The van der Waals surface area contributed by atoms with Crippen LogP contribution >= 0.6 is 0 Å². The maximum absolute atomic E-state index is 12.6. The van der Waals surface area contributed by atoms with E-state index in [2.05, 4.69) is 15.4 Å². The third kappa shape index (κ3) is 2.54. The molecule has 2 N–H and O–H groups in total. The van der Waals surface area contributed by atoms with Crippen molar-refractivity contribution < 1.29 is 9.90 Å². The number of hydrogen-bond acceptors (Lipinski definition) is 5. The summed E-state index contributed by atoms with van der Waals surface area (Å²) >= 11 is 0. The molecule has 2 heterocycles. The average Bonchev–Trinajstić information content (AvgIpc) is 2.67. The molecule has 1 aliphatic heterocycles. The number of nitrogens with one attached hydrogen (secondary N) is 1. The van der Waals surface area contributed by atoms with E-state index in [1.165, 1.54) is 4.68 Å². The van der Waals surface area contributed by atoms with Crippen molar-refractivity contribution in [3.63, 3.8) is 0 Å². The first kappa shape index (κ1) is 16.0. The van der Waals surface area contributed by atoms with Crippen LogP contribution < -0.4 is 10.9 Å². The lowest BCUT2D eigenvalue weighted by Crippen LogP contribution is -2.35. The highest BCUT2D eigenvalue weighted by molar-refractivity contribution is 5.84. The summed E-state index contributed by atoms with van der Waals surface area (Å²) in [6.07, 6.45) is -0.252. The second-order valence-corrected chi connectivity index (χ2v) is 6.01. The van der Waals surface area contributed by atoms with Crippen molar-refractivity contribution in [2.24, 2.45) is 0 Å². The normalized spacial score (nSPS) is 14.9. The Bertz CT molecular complexity index is 1060. The smallest absolute Gasteiger partial charge is 0.349 e. The summed E-state index contributed by atoms with van der Waals surface area (Å²) in [4.78, 5) is 28.4. The molecule has 0 aliphatic carbocycles. The van der Waals surface area contributed by atoms with Gasteiger partial charge in [0.25, 0.3) is 5.56 Å². The molecular formula is C19H16N4O3. The van der Waals surface area contributed by atoms with Crippen LogP contribution in [-0.2, 0) is 11.2 Å². The van der Waals surface area contributed by atoms with Crippen molar-refractivity contribution in [2.75, 3.05) is 5.32 Å². The minimum atomic E-state index is -1.14. The van der Waals surface area contributed by atoms with E-state index in [1.54, 1.807) is 36.4 Å². The Morgan fingerprint density at radius 1 is 1.19 bits per heavy atom. The predicted octanol–water partition coefficient (Wildman–Crippen LogP) is 2.54. The van der Waals surface area contributed by atoms with Crippen molar-refractivity contribution in [3.05, 3.63) is 64.4 Å². The molecule has 0 saturated heterocycles. The van der Waals surface area contributed by atoms with Crippen LogP contribution in [0.4, 0.5) is 5.69 Å². The van der Waals surface area contributed by atoms with Crippen LogP contribution in [0.5, 0.6) is 0 Å². The molecule has 0 amide bonds. The van der Waals surface area contributed by atoms with Crippen LogP contribution in [0.15, 0.2) is 53.3 Å². The summed E-state index contributed by atoms with van der Waals surface area (Å²) in [5.41, 5.74) is 2.64. The number of aliphatic carboxylic acids is 1. The van der Waals surface area contributed by atoms with E-state index in [0.29, 0.717) is 16.8 Å². The van der Waals surface area contributed by atoms with Gasteiger partial charge in [0.05, 0.1) is 0 Å². The first-order chi connectivity index (χ1) is 12.6. The van der Waals surface area contributed by atoms with Gasteiger partial charge in [-0.25, -0.2) is 9.48 Å². The summed E-state index contributed by atoms with van der Waals surface area (Å²) in [5, 5.41) is 16.8. The third-order valence-corrected chi connectivity index (χ3v) is 4.41. The molecule has 1 aliphatic rings. The van der Waals surface area contributed by atoms with Gasteiger partial charge in [0.2, 0.25) is 6.17 Å². The summed E-state index contributed by atoms with van der Waals surface area (Å²) in [6, 6.07) is 14.6. The molecule has 4 rings (SSSR count). The lowest BCUT2D eigenvalue weighted by molar-refractivity contribution is -0.140. The van der Waals surface area contributed by atoms with Gasteiger partial charge < -0.3 is 10.4 Å². The lowest BCUT2D eigenvalue weighted by Gasteiger charge is -2.27. The Morgan fingerprint density at radius 2 is 1.92 bits per heavy atom. The zero-order valence-corrected chi connectivity index (χ0v) is 14.0. The fourth-order valence-corrected chi connectivity index (χ4v) is 3.02. The van der Waals surface area contributed by atoms with Crippen LogP contribution in [0.3, 0.4) is 0 Å². The van der Waals surface area contributed by atoms with Gasteiger partial charge >= 0.3 is 5.97 Å². The molecule has 0 fully saturated rings. The molecule has 1 atom stereocenters.